The fraction of sp³-hybridized carbons (Fsp3) is 1.00. The van der Waals surface area contributed by atoms with Crippen molar-refractivity contribution in [1.82, 2.24) is 0 Å². The molecular weight excluding hydrogens is 83.0 g/mol. The van der Waals surface area contributed by atoms with Crippen LogP contribution >= 0.6 is 0 Å². The van der Waals surface area contributed by atoms with Gasteiger partial charge in [-0.2, -0.15) is 0 Å². The normalized spacial score (nSPS) is 7.00. The van der Waals surface area contributed by atoms with E-state index in [0.29, 0.717) is 0 Å². The summed E-state index contributed by atoms with van der Waals surface area (Å²) in [5.74, 6) is 0. The summed E-state index contributed by atoms with van der Waals surface area (Å²) >= 11 is 2.21. The summed E-state index contributed by atoms with van der Waals surface area (Å²) in [6, 6.07) is 0. The third-order valence-corrected chi connectivity index (χ3v) is 0.707. The minimum absolute atomic E-state index is 1.00. The van der Waals surface area contributed by atoms with Gasteiger partial charge in [-0.15, -0.1) is 0 Å². The van der Waals surface area contributed by atoms with Gasteiger partial charge in [-0.1, -0.05) is 0 Å². The van der Waals surface area contributed by atoms with Crippen LogP contribution in [0, 0.1) is 0 Å². The molecule has 2 heteroatoms. The predicted molar refractivity (Wildman–Crippen MR) is 33.6 cm³/mol. The van der Waals surface area contributed by atoms with Gasteiger partial charge < -0.3 is 5.11 Å². The van der Waals surface area contributed by atoms with Gasteiger partial charge in [-0.3, -0.25) is 0 Å². The zero-order valence-corrected chi connectivity index (χ0v) is 5.57. The van der Waals surface area contributed by atoms with Gasteiger partial charge in [0.15, 0.2) is 0 Å². The van der Waals surface area contributed by atoms with Gasteiger partial charge in [0.05, 0.1) is 0 Å². The van der Waals surface area contributed by atoms with Crippen LogP contribution < -0.4 is 0 Å². The molecule has 0 aliphatic carbocycles. The van der Waals surface area contributed by atoms with Crippen LogP contribution in [0.15, 0.2) is 0 Å². The first-order valence-corrected chi connectivity index (χ1v) is 2.86. The molecule has 0 aromatic carbocycles. The monoisotopic (exact) mass is 96.1 g/mol. The Hall–Kier alpha value is 0.557. The second-order valence-electron chi connectivity index (χ2n) is 1.35. The summed E-state index contributed by atoms with van der Waals surface area (Å²) < 4.78 is 0. The minimum atomic E-state index is 1.00. The maximum absolute atomic E-state index is 7.00. The molecule has 0 amide bonds. The molecule has 1 nitrogen and oxygen atoms in total. The molecule has 0 aliphatic heterocycles. The molecule has 0 fully saturated rings. The quantitative estimate of drug-likeness (QED) is 0.508. The molecule has 0 bridgehead atoms. The zero-order chi connectivity index (χ0) is 6.12. The van der Waals surface area contributed by atoms with Gasteiger partial charge in [0.2, 0.25) is 0 Å². The molecule has 0 aliphatic rings. The van der Waals surface area contributed by atoms with Crippen molar-refractivity contribution in [3.05, 3.63) is 0 Å². The van der Waals surface area contributed by atoms with E-state index in [0.717, 1.165) is 7.11 Å². The molecule has 0 radical (unpaired) electrons. The van der Waals surface area contributed by atoms with E-state index in [4.69, 9.17) is 5.11 Å². The fourth-order valence-electron chi connectivity index (χ4n) is 0.354. The van der Waals surface area contributed by atoms with Crippen molar-refractivity contribution in [3.8, 4) is 0 Å². The molecule has 40 valence electrons. The Balaban J connectivity index is 0. The molecule has 0 atom stereocenters. The van der Waals surface area contributed by atoms with Gasteiger partial charge in [0.25, 0.3) is 0 Å². The van der Waals surface area contributed by atoms with Gasteiger partial charge in [-0.05, 0) is 0 Å². The van der Waals surface area contributed by atoms with Crippen molar-refractivity contribution in [3.63, 3.8) is 0 Å². The van der Waals surface area contributed by atoms with Gasteiger partial charge in [0.1, 0.15) is 0 Å². The van der Waals surface area contributed by atoms with Crippen molar-refractivity contribution in [2.24, 2.45) is 0 Å². The predicted octanol–water partition coefficient (Wildman–Crippen LogP) is 0.982. The van der Waals surface area contributed by atoms with E-state index in [1.165, 1.54) is 17.9 Å². The molecule has 0 aromatic heterocycles. The number of hydrogen-bond acceptors (Lipinski definition) is 1. The van der Waals surface area contributed by atoms with Crippen LogP contribution in [0.2, 0.25) is 5.09 Å². The molecule has 7 heavy (non-hydrogen) atoms. The molecule has 1 N–H and O–H groups in total. The first kappa shape index (κ1) is 10.5. The topological polar surface area (TPSA) is 20.2 Å². The Kier molecular flexibility index (Phi) is 24.1. The number of rotatable bonds is 2. The number of aliphatic hydroxyl groups excluding tert-OH is 1. The molecule has 0 saturated heterocycles. The summed E-state index contributed by atoms with van der Waals surface area (Å²) in [6.45, 7) is 2.21. The standard InChI is InChI=1S/C4H9.CH4O.Li/c1-3-4-2;1-2;/h1,3-4H2,2H3;2H,1H3;. The Labute approximate surface area is 55.3 Å². The van der Waals surface area contributed by atoms with E-state index >= 15 is 0 Å². The number of hydrogen-bond donors (Lipinski definition) is 1. The fourth-order valence-corrected chi connectivity index (χ4v) is 0.354. The Morgan fingerprint density at radius 1 is 1.43 bits per heavy atom. The summed E-state index contributed by atoms with van der Waals surface area (Å²) in [5, 5.41) is 8.34. The molecule has 0 rings (SSSR count). The third kappa shape index (κ3) is 20.8. The van der Waals surface area contributed by atoms with Gasteiger partial charge >= 0.3 is 42.6 Å². The van der Waals surface area contributed by atoms with Crippen molar-refractivity contribution >= 4 is 17.7 Å². The van der Waals surface area contributed by atoms with Crippen LogP contribution in [-0.4, -0.2) is 29.9 Å². The third-order valence-electron chi connectivity index (χ3n) is 0.707. The molecule has 0 spiro atoms. The van der Waals surface area contributed by atoms with E-state index in [2.05, 4.69) is 24.6 Å². The van der Waals surface area contributed by atoms with Crippen LogP contribution in [0.3, 0.4) is 0 Å². The van der Waals surface area contributed by atoms with E-state index in [-0.39, 0.29) is 0 Å². The van der Waals surface area contributed by atoms with E-state index in [1.54, 1.807) is 0 Å². The first-order chi connectivity index (χ1) is 3.41. The Morgan fingerprint density at radius 3 is 1.86 bits per heavy atom. The summed E-state index contributed by atoms with van der Waals surface area (Å²) in [7, 11) is 1.00. The van der Waals surface area contributed by atoms with Crippen molar-refractivity contribution in [2.75, 3.05) is 7.11 Å². The first-order valence-electron chi connectivity index (χ1n) is 2.86. The van der Waals surface area contributed by atoms with Crippen LogP contribution in [0.4, 0.5) is 0 Å². The summed E-state index contributed by atoms with van der Waals surface area (Å²) in [6.07, 6.45) is 2.73. The van der Waals surface area contributed by atoms with Gasteiger partial charge in [-0.25, -0.2) is 0 Å². The van der Waals surface area contributed by atoms with Crippen LogP contribution in [-0.2, 0) is 0 Å². The van der Waals surface area contributed by atoms with Crippen LogP contribution in [0.1, 0.15) is 19.8 Å². The maximum atomic E-state index is 7.00. The second kappa shape index (κ2) is 16.0. The number of aliphatic hydroxyl groups is 1. The van der Waals surface area contributed by atoms with Gasteiger partial charge in [0, 0.05) is 7.11 Å². The summed E-state index contributed by atoms with van der Waals surface area (Å²) in [5.41, 5.74) is 0. The summed E-state index contributed by atoms with van der Waals surface area (Å²) in [4.78, 5) is 0. The molecule has 0 saturated carbocycles. The Bertz CT molecular complexity index is 15.6. The molecule has 0 unspecified atom stereocenters. The molecule has 0 heterocycles. The average Bonchev–Trinajstić information content (AvgIpc) is 1.75. The van der Waals surface area contributed by atoms with E-state index < -0.39 is 0 Å². The second-order valence-corrected chi connectivity index (χ2v) is 1.35. The Morgan fingerprint density at radius 2 is 1.86 bits per heavy atom. The van der Waals surface area contributed by atoms with Crippen molar-refractivity contribution < 1.29 is 5.11 Å². The van der Waals surface area contributed by atoms with Crippen molar-refractivity contribution in [2.45, 2.75) is 24.9 Å². The van der Waals surface area contributed by atoms with Crippen LogP contribution in [0.25, 0.3) is 0 Å². The van der Waals surface area contributed by atoms with Crippen molar-refractivity contribution in [1.29, 1.82) is 0 Å². The number of unbranched alkanes of at least 4 members (excludes halogenated alkanes) is 1. The SMILES string of the molecule is CO.[Li][CH2]CCC. The van der Waals surface area contributed by atoms with E-state index in [1.807, 2.05) is 0 Å². The zero-order valence-electron chi connectivity index (χ0n) is 5.57. The van der Waals surface area contributed by atoms with E-state index in [9.17, 15) is 0 Å². The molecular formula is C5H13LiO. The molecule has 0 aromatic rings. The van der Waals surface area contributed by atoms with Crippen LogP contribution in [0.5, 0.6) is 0 Å². The average molecular weight is 96.1 g/mol.